The van der Waals surface area contributed by atoms with Crippen LogP contribution in [-0.2, 0) is 11.3 Å². The summed E-state index contributed by atoms with van der Waals surface area (Å²) in [4.78, 5) is 21.0. The van der Waals surface area contributed by atoms with Crippen LogP contribution in [0.2, 0.25) is 0 Å². The maximum atomic E-state index is 13.8. The van der Waals surface area contributed by atoms with Crippen molar-refractivity contribution in [3.8, 4) is 6.07 Å². The number of alkyl halides is 1. The number of piperidine rings is 1. The summed E-state index contributed by atoms with van der Waals surface area (Å²) in [5.41, 5.74) is 7.87. The molecular weight excluding hydrogens is 335 g/mol. The molecule has 0 radical (unpaired) electrons. The predicted octanol–water partition coefficient (Wildman–Crippen LogP) is 1.02. The van der Waals surface area contributed by atoms with E-state index in [0.29, 0.717) is 36.5 Å². The summed E-state index contributed by atoms with van der Waals surface area (Å²) in [5, 5.41) is 9.20. The number of fused-ring (bicyclic) bond motifs is 1. The van der Waals surface area contributed by atoms with E-state index in [-0.39, 0.29) is 12.5 Å². The number of nitriles is 1. The topological polar surface area (TPSA) is 91.2 Å². The number of imidazole rings is 1. The van der Waals surface area contributed by atoms with Crippen LogP contribution in [0.25, 0.3) is 11.0 Å². The van der Waals surface area contributed by atoms with E-state index in [9.17, 15) is 14.4 Å². The molecule has 1 aromatic heterocycles. The standard InChI is InChI=1S/C18H21FN6O/c19-13-4-7-24(10-14(13)21)18-22-15-3-2-12(9-20)8-16(15)25(18)11-17(26)23-5-1-6-23/h2-3,8,13-14H,1,4-7,10-11,21H2/t13-,14+/m0/s1. The van der Waals surface area contributed by atoms with Gasteiger partial charge in [0, 0.05) is 26.2 Å². The fraction of sp³-hybridized carbons (Fsp3) is 0.500. The SMILES string of the molecule is N#Cc1ccc2nc(N3CC[C@H](F)[C@H](N)C3)n(CC(=O)N3CCC3)c2c1. The van der Waals surface area contributed by atoms with Gasteiger partial charge in [0.1, 0.15) is 12.7 Å². The van der Waals surface area contributed by atoms with Gasteiger partial charge in [0.15, 0.2) is 0 Å². The maximum Gasteiger partial charge on any atom is 0.242 e. The summed E-state index contributed by atoms with van der Waals surface area (Å²) < 4.78 is 15.6. The van der Waals surface area contributed by atoms with Crippen LogP contribution < -0.4 is 10.6 Å². The molecule has 2 saturated heterocycles. The summed E-state index contributed by atoms with van der Waals surface area (Å²) >= 11 is 0. The number of nitrogens with zero attached hydrogens (tertiary/aromatic N) is 5. The van der Waals surface area contributed by atoms with Crippen LogP contribution in [0.15, 0.2) is 18.2 Å². The van der Waals surface area contributed by atoms with E-state index in [4.69, 9.17) is 5.73 Å². The largest absolute Gasteiger partial charge is 0.341 e. The van der Waals surface area contributed by atoms with Gasteiger partial charge in [-0.25, -0.2) is 9.37 Å². The molecular formula is C18H21FN6O. The normalized spacial score (nSPS) is 23.0. The lowest BCUT2D eigenvalue weighted by atomic mass is 10.1. The Morgan fingerprint density at radius 3 is 2.85 bits per heavy atom. The van der Waals surface area contributed by atoms with Gasteiger partial charge in [0.25, 0.3) is 0 Å². The molecule has 8 heteroatoms. The van der Waals surface area contributed by atoms with Crippen molar-refractivity contribution in [2.45, 2.75) is 31.6 Å². The zero-order valence-electron chi connectivity index (χ0n) is 14.4. The van der Waals surface area contributed by atoms with Crippen molar-refractivity contribution in [1.82, 2.24) is 14.5 Å². The van der Waals surface area contributed by atoms with E-state index in [1.807, 2.05) is 14.4 Å². The number of likely N-dealkylation sites (tertiary alicyclic amines) is 1. The highest BCUT2D eigenvalue weighted by molar-refractivity contribution is 5.84. The van der Waals surface area contributed by atoms with Gasteiger partial charge in [-0.15, -0.1) is 0 Å². The third-order valence-electron chi connectivity index (χ3n) is 5.21. The molecule has 2 fully saturated rings. The molecule has 2 aliphatic rings. The summed E-state index contributed by atoms with van der Waals surface area (Å²) in [6.07, 6.45) is 0.353. The van der Waals surface area contributed by atoms with Gasteiger partial charge in [-0.05, 0) is 31.0 Å². The lowest BCUT2D eigenvalue weighted by Gasteiger charge is -2.35. The van der Waals surface area contributed by atoms with Gasteiger partial charge in [0.05, 0.1) is 28.7 Å². The lowest BCUT2D eigenvalue weighted by molar-refractivity contribution is -0.135. The van der Waals surface area contributed by atoms with Crippen molar-refractivity contribution < 1.29 is 9.18 Å². The second kappa shape index (κ2) is 6.57. The Kier molecular flexibility index (Phi) is 4.24. The second-order valence-electron chi connectivity index (χ2n) is 6.96. The summed E-state index contributed by atoms with van der Waals surface area (Å²) in [6, 6.07) is 6.79. The fourth-order valence-corrected chi connectivity index (χ4v) is 3.51. The molecule has 1 aromatic carbocycles. The number of carbonyl (C=O) groups excluding carboxylic acids is 1. The van der Waals surface area contributed by atoms with Crippen LogP contribution >= 0.6 is 0 Å². The first kappa shape index (κ1) is 16.8. The molecule has 2 aromatic rings. The molecule has 7 nitrogen and oxygen atoms in total. The molecule has 4 rings (SSSR count). The maximum absolute atomic E-state index is 13.8. The van der Waals surface area contributed by atoms with Gasteiger partial charge >= 0.3 is 0 Å². The van der Waals surface area contributed by atoms with E-state index in [0.717, 1.165) is 25.0 Å². The van der Waals surface area contributed by atoms with E-state index in [2.05, 4.69) is 11.1 Å². The minimum Gasteiger partial charge on any atom is -0.341 e. The lowest BCUT2D eigenvalue weighted by Crippen LogP contribution is -2.50. The molecule has 2 atom stereocenters. The molecule has 0 spiro atoms. The quantitative estimate of drug-likeness (QED) is 0.886. The Hall–Kier alpha value is -2.66. The summed E-state index contributed by atoms with van der Waals surface area (Å²) in [6.45, 7) is 2.57. The van der Waals surface area contributed by atoms with Gasteiger partial charge in [-0.3, -0.25) is 4.79 Å². The van der Waals surface area contributed by atoms with Crippen molar-refractivity contribution in [2.75, 3.05) is 31.1 Å². The number of anilines is 1. The average molecular weight is 356 g/mol. The Morgan fingerprint density at radius 2 is 2.19 bits per heavy atom. The average Bonchev–Trinajstić information content (AvgIpc) is 2.93. The number of carbonyl (C=O) groups is 1. The first-order valence-corrected chi connectivity index (χ1v) is 8.89. The third-order valence-corrected chi connectivity index (χ3v) is 5.21. The minimum atomic E-state index is -1.02. The van der Waals surface area contributed by atoms with Gasteiger partial charge in [-0.2, -0.15) is 5.26 Å². The number of hydrogen-bond acceptors (Lipinski definition) is 5. The molecule has 1 amide bonds. The third kappa shape index (κ3) is 2.88. The van der Waals surface area contributed by atoms with Crippen molar-refractivity contribution in [3.63, 3.8) is 0 Å². The van der Waals surface area contributed by atoms with Crippen LogP contribution in [0.1, 0.15) is 18.4 Å². The highest BCUT2D eigenvalue weighted by Gasteiger charge is 2.30. The Morgan fingerprint density at radius 1 is 1.38 bits per heavy atom. The zero-order chi connectivity index (χ0) is 18.3. The van der Waals surface area contributed by atoms with Crippen molar-refractivity contribution in [1.29, 1.82) is 5.26 Å². The number of halogens is 1. The molecule has 0 bridgehead atoms. The number of amides is 1. The summed E-state index contributed by atoms with van der Waals surface area (Å²) in [5.74, 6) is 0.648. The monoisotopic (exact) mass is 356 g/mol. The van der Waals surface area contributed by atoms with Crippen LogP contribution in [0.3, 0.4) is 0 Å². The highest BCUT2D eigenvalue weighted by atomic mass is 19.1. The second-order valence-corrected chi connectivity index (χ2v) is 6.96. The van der Waals surface area contributed by atoms with E-state index >= 15 is 0 Å². The van der Waals surface area contributed by atoms with Gasteiger partial charge < -0.3 is 20.1 Å². The first-order valence-electron chi connectivity index (χ1n) is 8.89. The van der Waals surface area contributed by atoms with Crippen LogP contribution in [0.5, 0.6) is 0 Å². The number of nitrogens with two attached hydrogens (primary N) is 1. The zero-order valence-corrected chi connectivity index (χ0v) is 14.4. The van der Waals surface area contributed by atoms with Crippen LogP contribution in [0, 0.1) is 11.3 Å². The molecule has 0 unspecified atom stereocenters. The van der Waals surface area contributed by atoms with Crippen LogP contribution in [0.4, 0.5) is 10.3 Å². The van der Waals surface area contributed by atoms with E-state index in [1.54, 1.807) is 18.2 Å². The summed E-state index contributed by atoms with van der Waals surface area (Å²) in [7, 11) is 0. The highest BCUT2D eigenvalue weighted by Crippen LogP contribution is 2.27. The van der Waals surface area contributed by atoms with Gasteiger partial charge in [0.2, 0.25) is 11.9 Å². The Balaban J connectivity index is 1.74. The number of hydrogen-bond donors (Lipinski definition) is 1. The molecule has 0 aliphatic carbocycles. The fourth-order valence-electron chi connectivity index (χ4n) is 3.51. The number of aromatic nitrogens is 2. The first-order chi connectivity index (χ1) is 12.6. The Labute approximate surface area is 150 Å². The van der Waals surface area contributed by atoms with Crippen molar-refractivity contribution >= 4 is 22.9 Å². The smallest absolute Gasteiger partial charge is 0.242 e. The predicted molar refractivity (Wildman–Crippen MR) is 95.3 cm³/mol. The van der Waals surface area contributed by atoms with Gasteiger partial charge in [-0.1, -0.05) is 0 Å². The molecule has 2 aliphatic heterocycles. The van der Waals surface area contributed by atoms with Crippen molar-refractivity contribution in [3.05, 3.63) is 23.8 Å². The number of benzene rings is 1. The molecule has 2 N–H and O–H groups in total. The Bertz CT molecular complexity index is 884. The van der Waals surface area contributed by atoms with Crippen LogP contribution in [-0.4, -0.2) is 58.8 Å². The van der Waals surface area contributed by atoms with E-state index < -0.39 is 12.2 Å². The minimum absolute atomic E-state index is 0.0313. The number of rotatable bonds is 3. The molecule has 136 valence electrons. The van der Waals surface area contributed by atoms with E-state index in [1.165, 1.54) is 0 Å². The van der Waals surface area contributed by atoms with Crippen molar-refractivity contribution in [2.24, 2.45) is 5.73 Å². The molecule has 3 heterocycles. The molecule has 26 heavy (non-hydrogen) atoms. The molecule has 0 saturated carbocycles.